The van der Waals surface area contributed by atoms with Crippen molar-refractivity contribution in [3.05, 3.63) is 34.3 Å². The molecule has 0 N–H and O–H groups in total. The molecule has 116 valence electrons. The van der Waals surface area contributed by atoms with Gasteiger partial charge in [0.2, 0.25) is 6.79 Å². The summed E-state index contributed by atoms with van der Waals surface area (Å²) in [5.74, 6) is 2.42. The molecule has 0 amide bonds. The molecule has 1 fully saturated rings. The maximum atomic E-state index is 5.53. The second-order valence-electron chi connectivity index (χ2n) is 5.52. The monoisotopic (exact) mass is 318 g/mol. The summed E-state index contributed by atoms with van der Waals surface area (Å²) in [4.78, 5) is 6.96. The lowest BCUT2D eigenvalue weighted by molar-refractivity contribution is 0.173. The summed E-state index contributed by atoms with van der Waals surface area (Å²) >= 11 is 1.74. The molecular weight excluding hydrogens is 300 g/mol. The van der Waals surface area contributed by atoms with Crippen LogP contribution in [0.15, 0.2) is 23.7 Å². The Balaban J connectivity index is 1.60. The van der Waals surface area contributed by atoms with Crippen molar-refractivity contribution in [3.63, 3.8) is 0 Å². The quantitative estimate of drug-likeness (QED) is 0.866. The van der Waals surface area contributed by atoms with Gasteiger partial charge >= 0.3 is 0 Å². The van der Waals surface area contributed by atoms with Crippen LogP contribution < -0.4 is 14.2 Å². The molecule has 0 radical (unpaired) electrons. The predicted octanol–water partition coefficient (Wildman–Crippen LogP) is 3.22. The third kappa shape index (κ3) is 2.42. The third-order valence-corrected chi connectivity index (χ3v) is 5.13. The summed E-state index contributed by atoms with van der Waals surface area (Å²) < 4.78 is 16.4. The van der Waals surface area contributed by atoms with Gasteiger partial charge in [-0.2, -0.15) is 0 Å². The molecule has 2 aliphatic rings. The summed E-state index contributed by atoms with van der Waals surface area (Å²) in [5.41, 5.74) is 1.13. The number of rotatable bonds is 4. The molecule has 1 saturated heterocycles. The minimum absolute atomic E-state index is 0.285. The summed E-state index contributed by atoms with van der Waals surface area (Å²) in [6.45, 7) is 2.21. The minimum Gasteiger partial charge on any atom is -0.496 e. The van der Waals surface area contributed by atoms with Crippen molar-refractivity contribution in [3.8, 4) is 17.2 Å². The molecule has 5 nitrogen and oxygen atoms in total. The molecular formula is C16H18N2O3S. The number of fused-ring (bicyclic) bond motifs is 1. The van der Waals surface area contributed by atoms with Gasteiger partial charge in [0.05, 0.1) is 13.2 Å². The lowest BCUT2D eigenvalue weighted by Gasteiger charge is -2.23. The molecule has 22 heavy (non-hydrogen) atoms. The SMILES string of the molecule is COc1cc2c(cc1CN1CCC[C@@H]1c1nccs1)OCO2. The fraction of sp³-hybridized carbons (Fsp3) is 0.438. The molecule has 3 heterocycles. The Hall–Kier alpha value is -1.79. The number of nitrogens with zero attached hydrogens (tertiary/aromatic N) is 2. The Morgan fingerprint density at radius 1 is 1.36 bits per heavy atom. The average molecular weight is 318 g/mol. The molecule has 0 aliphatic carbocycles. The van der Waals surface area contributed by atoms with Crippen LogP contribution in [0.1, 0.15) is 29.5 Å². The number of aromatic nitrogens is 1. The summed E-state index contributed by atoms with van der Waals surface area (Å²) in [7, 11) is 1.70. The van der Waals surface area contributed by atoms with E-state index in [1.54, 1.807) is 18.4 Å². The van der Waals surface area contributed by atoms with Crippen molar-refractivity contribution in [1.29, 1.82) is 0 Å². The Labute approximate surface area is 133 Å². The second-order valence-corrected chi connectivity index (χ2v) is 6.44. The molecule has 4 rings (SSSR count). The molecule has 0 unspecified atom stereocenters. The van der Waals surface area contributed by atoms with Crippen molar-refractivity contribution >= 4 is 11.3 Å². The van der Waals surface area contributed by atoms with Crippen molar-refractivity contribution in [2.24, 2.45) is 0 Å². The Morgan fingerprint density at radius 2 is 2.23 bits per heavy atom. The van der Waals surface area contributed by atoms with E-state index in [1.165, 1.54) is 17.8 Å². The first-order chi connectivity index (χ1) is 10.8. The number of hydrogen-bond donors (Lipinski definition) is 0. The van der Waals surface area contributed by atoms with Gasteiger partial charge in [-0.15, -0.1) is 11.3 Å². The van der Waals surface area contributed by atoms with Crippen LogP contribution in [0.2, 0.25) is 0 Å². The molecule has 6 heteroatoms. The van der Waals surface area contributed by atoms with Gasteiger partial charge in [-0.05, 0) is 25.5 Å². The smallest absolute Gasteiger partial charge is 0.231 e. The van der Waals surface area contributed by atoms with Gasteiger partial charge in [-0.25, -0.2) is 4.98 Å². The number of methoxy groups -OCH3 is 1. The van der Waals surface area contributed by atoms with E-state index in [0.717, 1.165) is 35.9 Å². The number of hydrogen-bond acceptors (Lipinski definition) is 6. The Bertz CT molecular complexity index is 660. The van der Waals surface area contributed by atoms with Gasteiger partial charge in [0.1, 0.15) is 10.8 Å². The first-order valence-corrected chi connectivity index (χ1v) is 8.33. The van der Waals surface area contributed by atoms with Crippen LogP contribution in [0, 0.1) is 0 Å². The maximum Gasteiger partial charge on any atom is 0.231 e. The molecule has 2 aliphatic heterocycles. The predicted molar refractivity (Wildman–Crippen MR) is 83.6 cm³/mol. The van der Waals surface area contributed by atoms with E-state index in [1.807, 2.05) is 23.7 Å². The summed E-state index contributed by atoms with van der Waals surface area (Å²) in [5, 5.41) is 3.25. The van der Waals surface area contributed by atoms with E-state index in [9.17, 15) is 0 Å². The molecule has 1 aromatic heterocycles. The second kappa shape index (κ2) is 5.78. The maximum absolute atomic E-state index is 5.53. The van der Waals surface area contributed by atoms with E-state index in [4.69, 9.17) is 14.2 Å². The number of likely N-dealkylation sites (tertiary alicyclic amines) is 1. The van der Waals surface area contributed by atoms with Crippen LogP contribution in [0.5, 0.6) is 17.2 Å². The molecule has 1 aromatic carbocycles. The van der Waals surface area contributed by atoms with Gasteiger partial charge < -0.3 is 14.2 Å². The van der Waals surface area contributed by atoms with Crippen LogP contribution in [0.25, 0.3) is 0 Å². The van der Waals surface area contributed by atoms with E-state index in [-0.39, 0.29) is 6.79 Å². The lowest BCUT2D eigenvalue weighted by Crippen LogP contribution is -2.23. The first-order valence-electron chi connectivity index (χ1n) is 7.45. The minimum atomic E-state index is 0.285. The highest BCUT2D eigenvalue weighted by Crippen LogP contribution is 2.40. The van der Waals surface area contributed by atoms with Gasteiger partial charge in [0.25, 0.3) is 0 Å². The number of benzene rings is 1. The number of ether oxygens (including phenoxy) is 3. The highest BCUT2D eigenvalue weighted by Gasteiger charge is 2.29. The number of thiazole rings is 1. The standard InChI is InChI=1S/C16H18N2O3S/c1-19-13-8-15-14(20-10-21-15)7-11(13)9-18-5-2-3-12(18)16-17-4-6-22-16/h4,6-8,12H,2-3,5,9-10H2,1H3/t12-/m1/s1. The van der Waals surface area contributed by atoms with Crippen molar-refractivity contribution in [2.75, 3.05) is 20.4 Å². The van der Waals surface area contributed by atoms with Crippen molar-refractivity contribution in [2.45, 2.75) is 25.4 Å². The van der Waals surface area contributed by atoms with Crippen molar-refractivity contribution < 1.29 is 14.2 Å². The van der Waals surface area contributed by atoms with E-state index >= 15 is 0 Å². The molecule has 0 saturated carbocycles. The van der Waals surface area contributed by atoms with Gasteiger partial charge in [0, 0.05) is 29.8 Å². The zero-order valence-electron chi connectivity index (χ0n) is 12.4. The normalized spacial score (nSPS) is 20.5. The van der Waals surface area contributed by atoms with Crippen LogP contribution in [0.3, 0.4) is 0 Å². The highest BCUT2D eigenvalue weighted by atomic mass is 32.1. The molecule has 1 atom stereocenters. The first kappa shape index (κ1) is 13.8. The van der Waals surface area contributed by atoms with Crippen LogP contribution >= 0.6 is 11.3 Å². The van der Waals surface area contributed by atoms with Gasteiger partial charge in [-0.1, -0.05) is 0 Å². The van der Waals surface area contributed by atoms with Crippen LogP contribution in [-0.2, 0) is 6.54 Å². The zero-order valence-corrected chi connectivity index (χ0v) is 13.3. The fourth-order valence-electron chi connectivity index (χ4n) is 3.19. The van der Waals surface area contributed by atoms with E-state index in [2.05, 4.69) is 9.88 Å². The van der Waals surface area contributed by atoms with Crippen LogP contribution in [0.4, 0.5) is 0 Å². The van der Waals surface area contributed by atoms with Gasteiger partial charge in [0.15, 0.2) is 11.5 Å². The van der Waals surface area contributed by atoms with Crippen molar-refractivity contribution in [1.82, 2.24) is 9.88 Å². The average Bonchev–Trinajstić information content (AvgIpc) is 3.27. The third-order valence-electron chi connectivity index (χ3n) is 4.25. The highest BCUT2D eigenvalue weighted by molar-refractivity contribution is 7.09. The van der Waals surface area contributed by atoms with E-state index in [0.29, 0.717) is 6.04 Å². The topological polar surface area (TPSA) is 43.8 Å². The summed E-state index contributed by atoms with van der Waals surface area (Å²) in [6, 6.07) is 4.37. The zero-order chi connectivity index (χ0) is 14.9. The molecule has 2 aromatic rings. The largest absolute Gasteiger partial charge is 0.496 e. The molecule has 0 spiro atoms. The summed E-state index contributed by atoms with van der Waals surface area (Å²) in [6.07, 6.45) is 4.26. The fourth-order valence-corrected chi connectivity index (χ4v) is 4.00. The lowest BCUT2D eigenvalue weighted by atomic mass is 10.1. The van der Waals surface area contributed by atoms with Crippen LogP contribution in [-0.4, -0.2) is 30.3 Å². The Kier molecular flexibility index (Phi) is 3.63. The Morgan fingerprint density at radius 3 is 3.00 bits per heavy atom. The van der Waals surface area contributed by atoms with Gasteiger partial charge in [-0.3, -0.25) is 4.90 Å². The van der Waals surface area contributed by atoms with E-state index < -0.39 is 0 Å². The molecule has 0 bridgehead atoms.